The normalized spacial score (nSPS) is 17.4. The minimum absolute atomic E-state index is 0.0557. The van der Waals surface area contributed by atoms with Crippen molar-refractivity contribution in [2.45, 2.75) is 51.0 Å². The average Bonchev–Trinajstić information content (AvgIpc) is 2.26. The highest BCUT2D eigenvalue weighted by Crippen LogP contribution is 2.16. The molecule has 0 bridgehead atoms. The van der Waals surface area contributed by atoms with E-state index >= 15 is 0 Å². The standard InChI is InChI=1S/C11H22N2O2/c14-9-5-4-8-12-11(15)13-10-6-2-1-3-7-10/h10,14H,1-9H2,(H2,12,13,15). The number of aliphatic hydroxyl groups is 1. The first kappa shape index (κ1) is 12.3. The van der Waals surface area contributed by atoms with Crippen molar-refractivity contribution in [3.05, 3.63) is 0 Å². The molecule has 4 nitrogen and oxygen atoms in total. The second-order valence-corrected chi connectivity index (χ2v) is 4.17. The first-order valence-corrected chi connectivity index (χ1v) is 5.98. The molecule has 88 valence electrons. The van der Waals surface area contributed by atoms with Gasteiger partial charge in [-0.2, -0.15) is 0 Å². The lowest BCUT2D eigenvalue weighted by Gasteiger charge is -2.22. The summed E-state index contributed by atoms with van der Waals surface area (Å²) in [5, 5.41) is 14.4. The highest BCUT2D eigenvalue weighted by atomic mass is 16.3. The zero-order chi connectivity index (χ0) is 10.9. The molecule has 0 spiro atoms. The zero-order valence-electron chi connectivity index (χ0n) is 9.30. The Kier molecular flexibility index (Phi) is 6.16. The maximum Gasteiger partial charge on any atom is 0.315 e. The van der Waals surface area contributed by atoms with Gasteiger partial charge in [-0.1, -0.05) is 19.3 Å². The molecule has 1 aliphatic carbocycles. The highest BCUT2D eigenvalue weighted by Gasteiger charge is 2.14. The molecule has 1 fully saturated rings. The molecule has 0 aromatic heterocycles. The van der Waals surface area contributed by atoms with Crippen LogP contribution < -0.4 is 10.6 Å². The summed E-state index contributed by atoms with van der Waals surface area (Å²) in [5.41, 5.74) is 0. The van der Waals surface area contributed by atoms with Gasteiger partial charge in [0.15, 0.2) is 0 Å². The van der Waals surface area contributed by atoms with Crippen molar-refractivity contribution in [1.82, 2.24) is 10.6 Å². The Bertz CT molecular complexity index is 179. The Morgan fingerprint density at radius 1 is 1.20 bits per heavy atom. The van der Waals surface area contributed by atoms with E-state index < -0.39 is 0 Å². The number of carbonyl (C=O) groups excluding carboxylic acids is 1. The predicted molar refractivity (Wildman–Crippen MR) is 59.7 cm³/mol. The van der Waals surface area contributed by atoms with Crippen molar-refractivity contribution in [2.24, 2.45) is 0 Å². The predicted octanol–water partition coefficient (Wildman–Crippen LogP) is 1.39. The van der Waals surface area contributed by atoms with Crippen LogP contribution in [-0.2, 0) is 0 Å². The summed E-state index contributed by atoms with van der Waals surface area (Å²) >= 11 is 0. The van der Waals surface area contributed by atoms with Gasteiger partial charge in [0.2, 0.25) is 0 Å². The fraction of sp³-hybridized carbons (Fsp3) is 0.909. The number of hydrogen-bond donors (Lipinski definition) is 3. The van der Waals surface area contributed by atoms with E-state index in [4.69, 9.17) is 5.11 Å². The number of nitrogens with one attached hydrogen (secondary N) is 2. The van der Waals surface area contributed by atoms with Gasteiger partial charge in [-0.15, -0.1) is 0 Å². The summed E-state index contributed by atoms with van der Waals surface area (Å²) in [7, 11) is 0. The smallest absolute Gasteiger partial charge is 0.315 e. The first-order valence-electron chi connectivity index (χ1n) is 5.98. The van der Waals surface area contributed by atoms with E-state index in [1.807, 2.05) is 0 Å². The minimum Gasteiger partial charge on any atom is -0.396 e. The molecule has 0 aromatic carbocycles. The molecule has 0 aromatic rings. The summed E-state index contributed by atoms with van der Waals surface area (Å²) in [6.45, 7) is 0.852. The molecule has 1 rings (SSSR count). The van der Waals surface area contributed by atoms with Crippen LogP contribution in [0.15, 0.2) is 0 Å². The SMILES string of the molecule is O=C(NCCCCO)NC1CCCCC1. The lowest BCUT2D eigenvalue weighted by atomic mass is 9.96. The summed E-state index contributed by atoms with van der Waals surface area (Å²) < 4.78 is 0. The van der Waals surface area contributed by atoms with E-state index in [9.17, 15) is 4.79 Å². The van der Waals surface area contributed by atoms with Gasteiger partial charge in [0.25, 0.3) is 0 Å². The highest BCUT2D eigenvalue weighted by molar-refractivity contribution is 5.74. The first-order chi connectivity index (χ1) is 7.33. The van der Waals surface area contributed by atoms with Crippen LogP contribution in [0.5, 0.6) is 0 Å². The van der Waals surface area contributed by atoms with E-state index in [0.717, 1.165) is 25.7 Å². The third-order valence-electron chi connectivity index (χ3n) is 2.81. The Morgan fingerprint density at radius 3 is 2.60 bits per heavy atom. The molecule has 0 atom stereocenters. The maximum absolute atomic E-state index is 11.4. The van der Waals surface area contributed by atoms with E-state index in [0.29, 0.717) is 12.6 Å². The molecular weight excluding hydrogens is 192 g/mol. The lowest BCUT2D eigenvalue weighted by molar-refractivity contribution is 0.231. The third kappa shape index (κ3) is 5.62. The van der Waals surface area contributed by atoms with E-state index in [1.165, 1.54) is 19.3 Å². The molecule has 2 amide bonds. The fourth-order valence-corrected chi connectivity index (χ4v) is 1.92. The van der Waals surface area contributed by atoms with Gasteiger partial charge >= 0.3 is 6.03 Å². The zero-order valence-corrected chi connectivity index (χ0v) is 9.30. The van der Waals surface area contributed by atoms with Gasteiger partial charge in [-0.3, -0.25) is 0 Å². The molecular formula is C11H22N2O2. The third-order valence-corrected chi connectivity index (χ3v) is 2.81. The number of aliphatic hydroxyl groups excluding tert-OH is 1. The summed E-state index contributed by atoms with van der Waals surface area (Å²) in [4.78, 5) is 11.4. The van der Waals surface area contributed by atoms with Crippen molar-refractivity contribution < 1.29 is 9.90 Å². The van der Waals surface area contributed by atoms with E-state index in [-0.39, 0.29) is 12.6 Å². The van der Waals surface area contributed by atoms with Gasteiger partial charge in [0, 0.05) is 19.2 Å². The fourth-order valence-electron chi connectivity index (χ4n) is 1.92. The number of amides is 2. The second-order valence-electron chi connectivity index (χ2n) is 4.17. The average molecular weight is 214 g/mol. The number of rotatable bonds is 5. The van der Waals surface area contributed by atoms with Crippen molar-refractivity contribution in [2.75, 3.05) is 13.2 Å². The van der Waals surface area contributed by atoms with Crippen LogP contribution in [0.4, 0.5) is 4.79 Å². The second kappa shape index (κ2) is 7.51. The van der Waals surface area contributed by atoms with Gasteiger partial charge in [-0.05, 0) is 25.7 Å². The summed E-state index contributed by atoms with van der Waals surface area (Å²) in [5.74, 6) is 0. The van der Waals surface area contributed by atoms with Crippen LogP contribution in [0, 0.1) is 0 Å². The van der Waals surface area contributed by atoms with E-state index in [1.54, 1.807) is 0 Å². The largest absolute Gasteiger partial charge is 0.396 e. The summed E-state index contributed by atoms with van der Waals surface area (Å²) in [6, 6.07) is 0.316. The van der Waals surface area contributed by atoms with Gasteiger partial charge in [-0.25, -0.2) is 4.79 Å². The number of unbranched alkanes of at least 4 members (excludes halogenated alkanes) is 1. The van der Waals surface area contributed by atoms with Crippen LogP contribution in [0.1, 0.15) is 44.9 Å². The Hall–Kier alpha value is -0.770. The molecule has 0 radical (unpaired) electrons. The molecule has 0 unspecified atom stereocenters. The molecule has 15 heavy (non-hydrogen) atoms. The van der Waals surface area contributed by atoms with Crippen molar-refractivity contribution >= 4 is 6.03 Å². The van der Waals surface area contributed by atoms with E-state index in [2.05, 4.69) is 10.6 Å². The topological polar surface area (TPSA) is 61.4 Å². The Morgan fingerprint density at radius 2 is 1.93 bits per heavy atom. The maximum atomic E-state index is 11.4. The van der Waals surface area contributed by atoms with Crippen molar-refractivity contribution in [1.29, 1.82) is 0 Å². The molecule has 1 aliphatic rings. The monoisotopic (exact) mass is 214 g/mol. The summed E-state index contributed by atoms with van der Waals surface area (Å²) in [6.07, 6.45) is 7.59. The molecule has 0 aliphatic heterocycles. The van der Waals surface area contributed by atoms with Gasteiger partial charge in [0.1, 0.15) is 0 Å². The van der Waals surface area contributed by atoms with Crippen molar-refractivity contribution in [3.63, 3.8) is 0 Å². The van der Waals surface area contributed by atoms with Crippen LogP contribution in [-0.4, -0.2) is 30.3 Å². The number of carbonyl (C=O) groups is 1. The molecule has 0 heterocycles. The van der Waals surface area contributed by atoms with Crippen LogP contribution in [0.2, 0.25) is 0 Å². The lowest BCUT2D eigenvalue weighted by Crippen LogP contribution is -2.43. The minimum atomic E-state index is -0.0557. The molecule has 3 N–H and O–H groups in total. The number of urea groups is 1. The van der Waals surface area contributed by atoms with Crippen LogP contribution in [0.3, 0.4) is 0 Å². The Balaban J connectivity index is 2.01. The quantitative estimate of drug-likeness (QED) is 0.606. The van der Waals surface area contributed by atoms with Crippen LogP contribution in [0.25, 0.3) is 0 Å². The molecule has 1 saturated carbocycles. The Labute approximate surface area is 91.4 Å². The van der Waals surface area contributed by atoms with Gasteiger partial charge in [0.05, 0.1) is 0 Å². The molecule has 4 heteroatoms. The molecule has 0 saturated heterocycles. The number of hydrogen-bond acceptors (Lipinski definition) is 2. The van der Waals surface area contributed by atoms with Crippen LogP contribution >= 0.6 is 0 Å². The van der Waals surface area contributed by atoms with Gasteiger partial charge < -0.3 is 15.7 Å². The van der Waals surface area contributed by atoms with Crippen molar-refractivity contribution in [3.8, 4) is 0 Å².